The van der Waals surface area contributed by atoms with Crippen LogP contribution < -0.4 is 0 Å². The molecule has 0 bridgehead atoms. The average molecular weight is 319 g/mol. The minimum Gasteiger partial charge on any atom is -0.396 e. The SMILES string of the molecule is C[Si](C)(C)CCOCOC(CCO)CC1=CCCCS1. The van der Waals surface area contributed by atoms with Gasteiger partial charge in [0.25, 0.3) is 0 Å². The average Bonchev–Trinajstić information content (AvgIpc) is 2.38. The van der Waals surface area contributed by atoms with Gasteiger partial charge in [-0.05, 0) is 36.0 Å². The van der Waals surface area contributed by atoms with Crippen LogP contribution in [0.25, 0.3) is 0 Å². The molecule has 0 fully saturated rings. The summed E-state index contributed by atoms with van der Waals surface area (Å²) in [6, 6.07) is 1.17. The Labute approximate surface area is 129 Å². The molecular weight excluding hydrogens is 288 g/mol. The Balaban J connectivity index is 2.19. The zero-order valence-electron chi connectivity index (χ0n) is 13.2. The normalized spacial score (nSPS) is 17.9. The molecule has 1 aliphatic rings. The van der Waals surface area contributed by atoms with Crippen molar-refractivity contribution < 1.29 is 14.6 Å². The first-order valence-corrected chi connectivity index (χ1v) is 12.3. The van der Waals surface area contributed by atoms with E-state index in [0.717, 1.165) is 13.0 Å². The van der Waals surface area contributed by atoms with E-state index in [4.69, 9.17) is 14.6 Å². The van der Waals surface area contributed by atoms with E-state index < -0.39 is 8.07 Å². The third-order valence-corrected chi connectivity index (χ3v) is 6.17. The molecule has 5 heteroatoms. The van der Waals surface area contributed by atoms with Crippen LogP contribution in [0.3, 0.4) is 0 Å². The highest BCUT2D eigenvalue weighted by atomic mass is 32.2. The molecule has 1 atom stereocenters. The van der Waals surface area contributed by atoms with Gasteiger partial charge in [0.2, 0.25) is 0 Å². The quantitative estimate of drug-likeness (QED) is 0.377. The first-order chi connectivity index (χ1) is 9.51. The molecule has 0 amide bonds. The van der Waals surface area contributed by atoms with Crippen molar-refractivity contribution in [3.8, 4) is 0 Å². The maximum absolute atomic E-state index is 9.13. The number of allylic oxidation sites excluding steroid dienone is 1. The summed E-state index contributed by atoms with van der Waals surface area (Å²) >= 11 is 1.93. The number of hydrogen-bond acceptors (Lipinski definition) is 4. The number of aliphatic hydroxyl groups is 1. The summed E-state index contributed by atoms with van der Waals surface area (Å²) in [5.74, 6) is 1.21. The van der Waals surface area contributed by atoms with Crippen molar-refractivity contribution in [2.45, 2.75) is 57.5 Å². The number of rotatable bonds is 10. The molecule has 0 aromatic carbocycles. The van der Waals surface area contributed by atoms with Gasteiger partial charge >= 0.3 is 0 Å². The van der Waals surface area contributed by atoms with Crippen LogP contribution in [-0.2, 0) is 9.47 Å². The van der Waals surface area contributed by atoms with E-state index >= 15 is 0 Å². The molecule has 1 rings (SSSR count). The fourth-order valence-electron chi connectivity index (χ4n) is 1.95. The Bertz CT molecular complexity index is 289. The van der Waals surface area contributed by atoms with E-state index in [1.807, 2.05) is 11.8 Å². The van der Waals surface area contributed by atoms with Gasteiger partial charge in [-0.1, -0.05) is 25.7 Å². The highest BCUT2D eigenvalue weighted by Crippen LogP contribution is 2.29. The smallest absolute Gasteiger partial charge is 0.147 e. The van der Waals surface area contributed by atoms with E-state index in [9.17, 15) is 0 Å². The lowest BCUT2D eigenvalue weighted by molar-refractivity contribution is -0.0902. The minimum atomic E-state index is -1.02. The van der Waals surface area contributed by atoms with E-state index in [1.54, 1.807) is 0 Å². The third kappa shape index (κ3) is 9.18. The Morgan fingerprint density at radius 1 is 1.40 bits per heavy atom. The molecule has 0 saturated heterocycles. The van der Waals surface area contributed by atoms with Crippen molar-refractivity contribution in [1.29, 1.82) is 0 Å². The molecule has 0 radical (unpaired) electrons. The van der Waals surface area contributed by atoms with Crippen molar-refractivity contribution in [2.75, 3.05) is 25.8 Å². The van der Waals surface area contributed by atoms with Crippen molar-refractivity contribution in [1.82, 2.24) is 0 Å². The zero-order chi connectivity index (χ0) is 14.8. The lowest BCUT2D eigenvalue weighted by Gasteiger charge is -2.21. The van der Waals surface area contributed by atoms with Crippen LogP contribution in [0.1, 0.15) is 25.7 Å². The highest BCUT2D eigenvalue weighted by molar-refractivity contribution is 8.03. The summed E-state index contributed by atoms with van der Waals surface area (Å²) in [5.41, 5.74) is 0. The van der Waals surface area contributed by atoms with E-state index in [0.29, 0.717) is 13.2 Å². The summed E-state index contributed by atoms with van der Waals surface area (Å²) in [6.45, 7) is 8.36. The van der Waals surface area contributed by atoms with Gasteiger partial charge in [-0.3, -0.25) is 0 Å². The fourth-order valence-corrected chi connectivity index (χ4v) is 3.81. The molecular formula is C15H30O3SSi. The summed E-state index contributed by atoms with van der Waals surface area (Å²) in [5, 5.41) is 9.13. The fraction of sp³-hybridized carbons (Fsp3) is 0.867. The predicted molar refractivity (Wildman–Crippen MR) is 89.9 cm³/mol. The van der Waals surface area contributed by atoms with Gasteiger partial charge in [-0.15, -0.1) is 11.8 Å². The van der Waals surface area contributed by atoms with Crippen LogP contribution in [0.2, 0.25) is 25.7 Å². The zero-order valence-corrected chi connectivity index (χ0v) is 15.0. The Morgan fingerprint density at radius 3 is 2.80 bits per heavy atom. The molecule has 3 nitrogen and oxygen atoms in total. The van der Waals surface area contributed by atoms with Crippen LogP contribution in [0.4, 0.5) is 0 Å². The van der Waals surface area contributed by atoms with Gasteiger partial charge < -0.3 is 14.6 Å². The van der Waals surface area contributed by atoms with E-state index in [1.165, 1.54) is 29.5 Å². The molecule has 0 aromatic heterocycles. The van der Waals surface area contributed by atoms with E-state index in [-0.39, 0.29) is 12.7 Å². The molecule has 1 aliphatic heterocycles. The lowest BCUT2D eigenvalue weighted by Crippen LogP contribution is -2.23. The molecule has 0 aromatic rings. The van der Waals surface area contributed by atoms with Crippen LogP contribution in [0.5, 0.6) is 0 Å². The van der Waals surface area contributed by atoms with Crippen molar-refractivity contribution in [2.24, 2.45) is 0 Å². The Hall–Kier alpha value is 0.187. The predicted octanol–water partition coefficient (Wildman–Crippen LogP) is 3.87. The molecule has 118 valence electrons. The van der Waals surface area contributed by atoms with Crippen LogP contribution in [0, 0.1) is 0 Å². The first-order valence-electron chi connectivity index (χ1n) is 7.63. The number of aliphatic hydroxyl groups excluding tert-OH is 1. The maximum Gasteiger partial charge on any atom is 0.147 e. The van der Waals surface area contributed by atoms with E-state index in [2.05, 4.69) is 25.7 Å². The molecule has 1 heterocycles. The van der Waals surface area contributed by atoms with Crippen molar-refractivity contribution in [3.05, 3.63) is 11.0 Å². The van der Waals surface area contributed by atoms with Crippen molar-refractivity contribution >= 4 is 19.8 Å². The van der Waals surface area contributed by atoms with Gasteiger partial charge in [0.15, 0.2) is 0 Å². The van der Waals surface area contributed by atoms with Gasteiger partial charge in [-0.25, -0.2) is 0 Å². The highest BCUT2D eigenvalue weighted by Gasteiger charge is 2.15. The summed E-state index contributed by atoms with van der Waals surface area (Å²) in [6.07, 6.45) is 6.47. The largest absolute Gasteiger partial charge is 0.396 e. The molecule has 20 heavy (non-hydrogen) atoms. The first kappa shape index (κ1) is 18.2. The number of hydrogen-bond donors (Lipinski definition) is 1. The Morgan fingerprint density at radius 2 is 2.20 bits per heavy atom. The van der Waals surface area contributed by atoms with Crippen LogP contribution >= 0.6 is 11.8 Å². The second kappa shape index (κ2) is 10.0. The third-order valence-electron chi connectivity index (χ3n) is 3.27. The number of thioether (sulfide) groups is 1. The summed E-state index contributed by atoms with van der Waals surface area (Å²) < 4.78 is 11.4. The van der Waals surface area contributed by atoms with Crippen LogP contribution in [-0.4, -0.2) is 45.0 Å². The van der Waals surface area contributed by atoms with Crippen LogP contribution in [0.15, 0.2) is 11.0 Å². The minimum absolute atomic E-state index is 0.0868. The van der Waals surface area contributed by atoms with Gasteiger partial charge in [0.05, 0.1) is 6.10 Å². The second-order valence-corrected chi connectivity index (χ2v) is 13.3. The summed E-state index contributed by atoms with van der Waals surface area (Å²) in [7, 11) is -1.02. The molecule has 1 unspecified atom stereocenters. The van der Waals surface area contributed by atoms with Gasteiger partial charge in [-0.2, -0.15) is 0 Å². The molecule has 1 N–H and O–H groups in total. The van der Waals surface area contributed by atoms with Crippen molar-refractivity contribution in [3.63, 3.8) is 0 Å². The molecule has 0 spiro atoms. The monoisotopic (exact) mass is 318 g/mol. The Kier molecular flexibility index (Phi) is 9.12. The standard InChI is InChI=1S/C15H30O3SSi/c1-20(2,3)11-9-17-13-18-14(7-8-16)12-15-6-4-5-10-19-15/h6,14,16H,4-5,7-13H2,1-3H3. The second-order valence-electron chi connectivity index (χ2n) is 6.50. The van der Waals surface area contributed by atoms with Gasteiger partial charge in [0, 0.05) is 27.7 Å². The lowest BCUT2D eigenvalue weighted by atomic mass is 10.1. The number of ether oxygens (including phenoxy) is 2. The topological polar surface area (TPSA) is 38.7 Å². The molecule has 0 aliphatic carbocycles. The summed E-state index contributed by atoms with van der Waals surface area (Å²) in [4.78, 5) is 1.41. The maximum atomic E-state index is 9.13. The van der Waals surface area contributed by atoms with Gasteiger partial charge in [0.1, 0.15) is 6.79 Å². The molecule has 0 saturated carbocycles.